The first-order valence-corrected chi connectivity index (χ1v) is 6.33. The van der Waals surface area contributed by atoms with Gasteiger partial charge in [-0.25, -0.2) is 0 Å². The van der Waals surface area contributed by atoms with Crippen LogP contribution in [0.1, 0.15) is 5.56 Å². The van der Waals surface area contributed by atoms with E-state index >= 15 is 0 Å². The minimum absolute atomic E-state index is 0.774. The van der Waals surface area contributed by atoms with Gasteiger partial charge >= 0.3 is 8.80 Å². The maximum Gasteiger partial charge on any atom is 0.536 e. The van der Waals surface area contributed by atoms with Crippen LogP contribution in [0.4, 0.5) is 0 Å². The van der Waals surface area contributed by atoms with Gasteiger partial charge in [0.2, 0.25) is 0 Å². The molecule has 0 radical (unpaired) electrons. The summed E-state index contributed by atoms with van der Waals surface area (Å²) in [6.07, 6.45) is 0. The Morgan fingerprint density at radius 1 is 1.00 bits per heavy atom. The lowest BCUT2D eigenvalue weighted by atomic mass is 10.2. The molecule has 0 saturated heterocycles. The Morgan fingerprint density at radius 3 is 1.87 bits per heavy atom. The summed E-state index contributed by atoms with van der Waals surface area (Å²) in [5.74, 6) is 0. The molecule has 0 fully saturated rings. The minimum atomic E-state index is -2.76. The Labute approximate surface area is 91.7 Å². The van der Waals surface area contributed by atoms with Crippen molar-refractivity contribution in [2.45, 2.75) is 0 Å². The summed E-state index contributed by atoms with van der Waals surface area (Å²) in [6, 6.07) is 9.76. The van der Waals surface area contributed by atoms with Crippen LogP contribution in [0.25, 0.3) is 5.20 Å². The second kappa shape index (κ2) is 5.23. The molecule has 1 rings (SSSR count). The normalized spacial score (nSPS) is 11.4. The summed E-state index contributed by atoms with van der Waals surface area (Å²) < 4.78 is 16.0. The average Bonchev–Trinajstić information content (AvgIpc) is 2.33. The van der Waals surface area contributed by atoms with Crippen molar-refractivity contribution in [3.05, 3.63) is 42.5 Å². The summed E-state index contributed by atoms with van der Waals surface area (Å²) in [5.41, 5.74) is 0.981. The van der Waals surface area contributed by atoms with Crippen LogP contribution < -0.4 is 0 Å². The van der Waals surface area contributed by atoms with Crippen LogP contribution in [0.2, 0.25) is 0 Å². The standard InChI is InChI=1S/C11H16O3Si/c1-10(11-8-6-5-7-9-11)15(12-2,13-3)14-4/h5-9H,1H2,2-4H3. The maximum atomic E-state index is 5.35. The highest BCUT2D eigenvalue weighted by Gasteiger charge is 2.42. The first kappa shape index (κ1) is 12.1. The molecule has 0 bridgehead atoms. The van der Waals surface area contributed by atoms with E-state index in [2.05, 4.69) is 6.58 Å². The molecule has 0 spiro atoms. The summed E-state index contributed by atoms with van der Waals surface area (Å²) >= 11 is 0. The van der Waals surface area contributed by atoms with Crippen molar-refractivity contribution in [3.63, 3.8) is 0 Å². The molecule has 0 amide bonds. The molecular weight excluding hydrogens is 208 g/mol. The average molecular weight is 224 g/mol. The molecule has 0 aromatic heterocycles. The highest BCUT2D eigenvalue weighted by Crippen LogP contribution is 2.25. The van der Waals surface area contributed by atoms with Gasteiger partial charge in [-0.3, -0.25) is 0 Å². The van der Waals surface area contributed by atoms with Crippen molar-refractivity contribution in [1.29, 1.82) is 0 Å². The Bertz CT molecular complexity index is 312. The highest BCUT2D eigenvalue weighted by atomic mass is 28.4. The van der Waals surface area contributed by atoms with Gasteiger partial charge in [0.25, 0.3) is 0 Å². The highest BCUT2D eigenvalue weighted by molar-refractivity contribution is 6.80. The van der Waals surface area contributed by atoms with E-state index in [1.807, 2.05) is 30.3 Å². The number of rotatable bonds is 5. The number of hydrogen-bond donors (Lipinski definition) is 0. The molecule has 0 N–H and O–H groups in total. The Kier molecular flexibility index (Phi) is 4.23. The van der Waals surface area contributed by atoms with Crippen LogP contribution in [0.15, 0.2) is 36.9 Å². The number of hydrogen-bond acceptors (Lipinski definition) is 3. The molecule has 0 aliphatic heterocycles. The van der Waals surface area contributed by atoms with Crippen molar-refractivity contribution in [3.8, 4) is 0 Å². The fourth-order valence-corrected chi connectivity index (χ4v) is 3.20. The molecule has 0 unspecified atom stereocenters. The van der Waals surface area contributed by atoms with Crippen LogP contribution in [0.3, 0.4) is 0 Å². The van der Waals surface area contributed by atoms with Crippen LogP contribution in [-0.2, 0) is 13.3 Å². The third kappa shape index (κ3) is 2.35. The molecule has 82 valence electrons. The van der Waals surface area contributed by atoms with Gasteiger partial charge in [-0.05, 0) is 5.56 Å². The van der Waals surface area contributed by atoms with Gasteiger partial charge < -0.3 is 13.3 Å². The molecule has 15 heavy (non-hydrogen) atoms. The first-order valence-electron chi connectivity index (χ1n) is 4.60. The van der Waals surface area contributed by atoms with E-state index in [0.29, 0.717) is 0 Å². The van der Waals surface area contributed by atoms with Gasteiger partial charge in [-0.2, -0.15) is 0 Å². The van der Waals surface area contributed by atoms with Crippen LogP contribution >= 0.6 is 0 Å². The Hall–Kier alpha value is -0.943. The fraction of sp³-hybridized carbons (Fsp3) is 0.273. The van der Waals surface area contributed by atoms with Gasteiger partial charge in [0.05, 0.1) is 0 Å². The largest absolute Gasteiger partial charge is 0.536 e. The second-order valence-corrected chi connectivity index (χ2v) is 5.95. The van der Waals surface area contributed by atoms with Crippen molar-refractivity contribution >= 4 is 14.0 Å². The van der Waals surface area contributed by atoms with Gasteiger partial charge in [-0.1, -0.05) is 36.9 Å². The van der Waals surface area contributed by atoms with Crippen LogP contribution in [-0.4, -0.2) is 30.1 Å². The summed E-state index contributed by atoms with van der Waals surface area (Å²) in [7, 11) is 1.97. The summed E-state index contributed by atoms with van der Waals surface area (Å²) in [6.45, 7) is 4.00. The van der Waals surface area contributed by atoms with Crippen molar-refractivity contribution < 1.29 is 13.3 Å². The quantitative estimate of drug-likeness (QED) is 0.717. The molecular formula is C11H16O3Si. The fourth-order valence-electron chi connectivity index (χ4n) is 1.44. The zero-order valence-electron chi connectivity index (χ0n) is 9.32. The van der Waals surface area contributed by atoms with E-state index in [9.17, 15) is 0 Å². The molecule has 0 aliphatic rings. The van der Waals surface area contributed by atoms with E-state index in [1.54, 1.807) is 21.3 Å². The van der Waals surface area contributed by atoms with E-state index in [-0.39, 0.29) is 0 Å². The van der Waals surface area contributed by atoms with Gasteiger partial charge in [-0.15, -0.1) is 0 Å². The summed E-state index contributed by atoms with van der Waals surface area (Å²) in [5, 5.41) is 0.774. The molecule has 4 heteroatoms. The van der Waals surface area contributed by atoms with E-state index in [1.165, 1.54) is 0 Å². The summed E-state index contributed by atoms with van der Waals surface area (Å²) in [4.78, 5) is 0. The van der Waals surface area contributed by atoms with Crippen molar-refractivity contribution in [2.24, 2.45) is 0 Å². The molecule has 1 aromatic carbocycles. The second-order valence-electron chi connectivity index (χ2n) is 3.01. The van der Waals surface area contributed by atoms with E-state index < -0.39 is 8.80 Å². The minimum Gasteiger partial charge on any atom is -0.373 e. The third-order valence-electron chi connectivity index (χ3n) is 2.30. The van der Waals surface area contributed by atoms with E-state index in [4.69, 9.17) is 13.3 Å². The zero-order valence-corrected chi connectivity index (χ0v) is 10.3. The lowest BCUT2D eigenvalue weighted by molar-refractivity contribution is 0.142. The van der Waals surface area contributed by atoms with Gasteiger partial charge in [0.15, 0.2) is 0 Å². The lowest BCUT2D eigenvalue weighted by Crippen LogP contribution is -2.44. The smallest absolute Gasteiger partial charge is 0.373 e. The molecule has 0 atom stereocenters. The maximum absolute atomic E-state index is 5.35. The topological polar surface area (TPSA) is 27.7 Å². The number of benzene rings is 1. The Balaban J connectivity index is 3.01. The zero-order chi connectivity index (χ0) is 11.3. The van der Waals surface area contributed by atoms with Crippen molar-refractivity contribution in [1.82, 2.24) is 0 Å². The molecule has 3 nitrogen and oxygen atoms in total. The molecule has 0 aliphatic carbocycles. The molecule has 0 saturated carbocycles. The lowest BCUT2D eigenvalue weighted by Gasteiger charge is -2.26. The van der Waals surface area contributed by atoms with Crippen LogP contribution in [0, 0.1) is 0 Å². The predicted molar refractivity (Wildman–Crippen MR) is 62.3 cm³/mol. The monoisotopic (exact) mass is 224 g/mol. The third-order valence-corrected chi connectivity index (χ3v) is 4.94. The molecule has 1 aromatic rings. The van der Waals surface area contributed by atoms with Gasteiger partial charge in [0, 0.05) is 26.5 Å². The van der Waals surface area contributed by atoms with E-state index in [0.717, 1.165) is 10.8 Å². The molecule has 0 heterocycles. The predicted octanol–water partition coefficient (Wildman–Crippen LogP) is 2.12. The first-order chi connectivity index (χ1) is 7.20. The SMILES string of the molecule is C=C(c1ccccc1)[Si](OC)(OC)OC. The van der Waals surface area contributed by atoms with Crippen molar-refractivity contribution in [2.75, 3.05) is 21.3 Å². The Morgan fingerprint density at radius 2 is 1.47 bits per heavy atom. The van der Waals surface area contributed by atoms with Crippen LogP contribution in [0.5, 0.6) is 0 Å². The van der Waals surface area contributed by atoms with Gasteiger partial charge in [0.1, 0.15) is 0 Å².